The van der Waals surface area contributed by atoms with E-state index >= 15 is 0 Å². The topological polar surface area (TPSA) is 113 Å². The molecule has 1 amide bonds. The van der Waals surface area contributed by atoms with Gasteiger partial charge in [-0.25, -0.2) is 9.97 Å². The van der Waals surface area contributed by atoms with E-state index in [2.05, 4.69) is 27.5 Å². The number of carbonyl (C=O) groups excluding carboxylic acids is 1. The maximum Gasteiger partial charge on any atom is 0.293 e. The summed E-state index contributed by atoms with van der Waals surface area (Å²) in [6.45, 7) is 4.56. The molecule has 1 aliphatic rings. The molecule has 2 aromatic heterocycles. The standard InChI is InChI=1S/C21H24N6O3S/c1-14-3-2-9-26(12-14)17-5-4-15(11-18(17)27(29)30)20(28)23-8-7-22-19-16-6-10-31-21(16)25-13-24-19/h4-6,10-11,13-14H,2-3,7-9,12H2,1H3,(H,23,28)(H,22,24,25). The second-order valence-corrected chi connectivity index (χ2v) is 8.59. The summed E-state index contributed by atoms with van der Waals surface area (Å²) in [5.74, 6) is 0.872. The van der Waals surface area contributed by atoms with Crippen LogP contribution in [0.5, 0.6) is 0 Å². The van der Waals surface area contributed by atoms with E-state index in [1.54, 1.807) is 12.1 Å². The lowest BCUT2D eigenvalue weighted by atomic mass is 9.99. The molecule has 10 heteroatoms. The second-order valence-electron chi connectivity index (χ2n) is 7.70. The van der Waals surface area contributed by atoms with Crippen molar-refractivity contribution in [3.63, 3.8) is 0 Å². The third-order valence-corrected chi connectivity index (χ3v) is 6.22. The van der Waals surface area contributed by atoms with Crippen molar-refractivity contribution in [2.24, 2.45) is 5.92 Å². The third kappa shape index (κ3) is 4.74. The molecule has 0 bridgehead atoms. The van der Waals surface area contributed by atoms with E-state index in [1.807, 2.05) is 16.3 Å². The van der Waals surface area contributed by atoms with Gasteiger partial charge in [0.2, 0.25) is 0 Å². The van der Waals surface area contributed by atoms with E-state index in [0.717, 1.165) is 42.0 Å². The Morgan fingerprint density at radius 1 is 1.32 bits per heavy atom. The molecular formula is C21H24N6O3S. The summed E-state index contributed by atoms with van der Waals surface area (Å²) in [6, 6.07) is 6.67. The first-order valence-corrected chi connectivity index (χ1v) is 11.1. The smallest absolute Gasteiger partial charge is 0.293 e. The summed E-state index contributed by atoms with van der Waals surface area (Å²) in [7, 11) is 0. The van der Waals surface area contributed by atoms with Gasteiger partial charge >= 0.3 is 0 Å². The van der Waals surface area contributed by atoms with Crippen LogP contribution in [0.25, 0.3) is 10.2 Å². The van der Waals surface area contributed by atoms with Gasteiger partial charge in [-0.05, 0) is 42.3 Å². The number of nitrogens with one attached hydrogen (secondary N) is 2. The maximum atomic E-state index is 12.5. The van der Waals surface area contributed by atoms with Crippen LogP contribution < -0.4 is 15.5 Å². The highest BCUT2D eigenvalue weighted by Crippen LogP contribution is 2.32. The predicted molar refractivity (Wildman–Crippen MR) is 122 cm³/mol. The van der Waals surface area contributed by atoms with Gasteiger partial charge in [0.05, 0.1) is 10.3 Å². The highest BCUT2D eigenvalue weighted by atomic mass is 32.1. The molecule has 1 fully saturated rings. The van der Waals surface area contributed by atoms with Crippen LogP contribution in [-0.2, 0) is 0 Å². The van der Waals surface area contributed by atoms with Crippen molar-refractivity contribution in [2.75, 3.05) is 36.4 Å². The number of thiophene rings is 1. The lowest BCUT2D eigenvalue weighted by molar-refractivity contribution is -0.384. The van der Waals surface area contributed by atoms with Crippen molar-refractivity contribution >= 4 is 44.7 Å². The average Bonchev–Trinajstić information content (AvgIpc) is 3.26. The number of carbonyl (C=O) groups is 1. The number of nitro benzene ring substituents is 1. The number of hydrogen-bond donors (Lipinski definition) is 2. The van der Waals surface area contributed by atoms with Gasteiger partial charge in [0, 0.05) is 37.8 Å². The Morgan fingerprint density at radius 2 is 2.19 bits per heavy atom. The summed E-state index contributed by atoms with van der Waals surface area (Å²) >= 11 is 1.54. The van der Waals surface area contributed by atoms with E-state index in [1.165, 1.54) is 23.7 Å². The van der Waals surface area contributed by atoms with E-state index in [0.29, 0.717) is 24.7 Å². The van der Waals surface area contributed by atoms with Crippen molar-refractivity contribution in [3.8, 4) is 0 Å². The van der Waals surface area contributed by atoms with Crippen LogP contribution >= 0.6 is 11.3 Å². The Kier molecular flexibility index (Phi) is 6.26. The summed E-state index contributed by atoms with van der Waals surface area (Å²) in [5.41, 5.74) is 0.835. The SMILES string of the molecule is CC1CCCN(c2ccc(C(=O)NCCNc3ncnc4sccc34)cc2[N+](=O)[O-])C1. The van der Waals surface area contributed by atoms with E-state index in [4.69, 9.17) is 0 Å². The van der Waals surface area contributed by atoms with Crippen molar-refractivity contribution < 1.29 is 9.72 Å². The number of anilines is 2. The van der Waals surface area contributed by atoms with Gasteiger partial charge in [0.25, 0.3) is 11.6 Å². The molecule has 3 aromatic rings. The van der Waals surface area contributed by atoms with Crippen LogP contribution in [0.3, 0.4) is 0 Å². The van der Waals surface area contributed by atoms with Crippen molar-refractivity contribution in [1.29, 1.82) is 0 Å². The fourth-order valence-corrected chi connectivity index (χ4v) is 4.61. The summed E-state index contributed by atoms with van der Waals surface area (Å²) in [4.78, 5) is 35.2. The van der Waals surface area contributed by atoms with Gasteiger partial charge < -0.3 is 15.5 Å². The Hall–Kier alpha value is -3.27. The van der Waals surface area contributed by atoms with Crippen molar-refractivity contribution in [1.82, 2.24) is 15.3 Å². The number of piperidine rings is 1. The monoisotopic (exact) mass is 440 g/mol. The zero-order valence-corrected chi connectivity index (χ0v) is 18.0. The minimum absolute atomic E-state index is 0.0271. The van der Waals surface area contributed by atoms with Crippen LogP contribution in [0.15, 0.2) is 36.0 Å². The highest BCUT2D eigenvalue weighted by molar-refractivity contribution is 7.16. The molecular weight excluding hydrogens is 416 g/mol. The van der Waals surface area contributed by atoms with Crippen LogP contribution in [-0.4, -0.2) is 47.0 Å². The Bertz CT molecular complexity index is 1100. The van der Waals surface area contributed by atoms with Crippen LogP contribution in [0.1, 0.15) is 30.1 Å². The zero-order valence-electron chi connectivity index (χ0n) is 17.2. The molecule has 31 heavy (non-hydrogen) atoms. The molecule has 0 spiro atoms. The van der Waals surface area contributed by atoms with E-state index in [9.17, 15) is 14.9 Å². The largest absolute Gasteiger partial charge is 0.368 e. The first kappa shape index (κ1) is 21.0. The molecule has 9 nitrogen and oxygen atoms in total. The van der Waals surface area contributed by atoms with Crippen molar-refractivity contribution in [2.45, 2.75) is 19.8 Å². The Labute approximate surface area is 183 Å². The minimum atomic E-state index is -0.409. The summed E-state index contributed by atoms with van der Waals surface area (Å²) < 4.78 is 0. The molecule has 1 atom stereocenters. The minimum Gasteiger partial charge on any atom is -0.368 e. The molecule has 0 radical (unpaired) electrons. The predicted octanol–water partition coefficient (Wildman–Crippen LogP) is 3.68. The zero-order chi connectivity index (χ0) is 21.8. The lowest BCUT2D eigenvalue weighted by Crippen LogP contribution is -2.34. The number of aromatic nitrogens is 2. The van der Waals surface area contributed by atoms with E-state index < -0.39 is 4.92 Å². The number of benzene rings is 1. The molecule has 4 rings (SSSR count). The number of nitro groups is 1. The van der Waals surface area contributed by atoms with Crippen molar-refractivity contribution in [3.05, 3.63) is 51.7 Å². The van der Waals surface area contributed by atoms with Gasteiger partial charge in [-0.15, -0.1) is 11.3 Å². The van der Waals surface area contributed by atoms with Crippen LogP contribution in [0.2, 0.25) is 0 Å². The fraction of sp³-hybridized carbons (Fsp3) is 0.381. The lowest BCUT2D eigenvalue weighted by Gasteiger charge is -2.32. The van der Waals surface area contributed by atoms with Crippen LogP contribution in [0.4, 0.5) is 17.2 Å². The molecule has 1 aromatic carbocycles. The van der Waals surface area contributed by atoms with Crippen LogP contribution in [0, 0.1) is 16.0 Å². The molecule has 2 N–H and O–H groups in total. The van der Waals surface area contributed by atoms with Gasteiger partial charge in [-0.3, -0.25) is 14.9 Å². The number of fused-ring (bicyclic) bond motifs is 1. The normalized spacial score (nSPS) is 16.3. The first-order chi connectivity index (χ1) is 15.0. The fourth-order valence-electron chi connectivity index (χ4n) is 3.88. The second kappa shape index (κ2) is 9.25. The summed E-state index contributed by atoms with van der Waals surface area (Å²) in [6.07, 6.45) is 3.65. The summed E-state index contributed by atoms with van der Waals surface area (Å²) in [5, 5.41) is 20.5. The van der Waals surface area contributed by atoms with Gasteiger partial charge in [0.1, 0.15) is 22.7 Å². The van der Waals surface area contributed by atoms with E-state index in [-0.39, 0.29) is 17.2 Å². The average molecular weight is 441 g/mol. The maximum absolute atomic E-state index is 12.5. The molecule has 1 saturated heterocycles. The van der Waals surface area contributed by atoms with Gasteiger partial charge in [0.15, 0.2) is 0 Å². The third-order valence-electron chi connectivity index (χ3n) is 5.40. The number of hydrogen-bond acceptors (Lipinski definition) is 8. The molecule has 1 aliphatic heterocycles. The number of nitrogens with zero attached hydrogens (tertiary/aromatic N) is 4. The quantitative estimate of drug-likeness (QED) is 0.327. The first-order valence-electron chi connectivity index (χ1n) is 10.3. The molecule has 3 heterocycles. The molecule has 162 valence electrons. The number of amides is 1. The molecule has 0 aliphatic carbocycles. The molecule has 1 unspecified atom stereocenters. The highest BCUT2D eigenvalue weighted by Gasteiger charge is 2.25. The molecule has 0 saturated carbocycles. The Balaban J connectivity index is 1.38. The van der Waals surface area contributed by atoms with Gasteiger partial charge in [-0.1, -0.05) is 6.92 Å². The van der Waals surface area contributed by atoms with Gasteiger partial charge in [-0.2, -0.15) is 0 Å². The Morgan fingerprint density at radius 3 is 3.00 bits per heavy atom. The number of rotatable bonds is 7.